The van der Waals surface area contributed by atoms with E-state index in [1.165, 1.54) is 0 Å². The summed E-state index contributed by atoms with van der Waals surface area (Å²) in [5.41, 5.74) is 3.09. The van der Waals surface area contributed by atoms with Crippen LogP contribution in [0.15, 0.2) is 53.7 Å². The zero-order valence-electron chi connectivity index (χ0n) is 16.3. The molecule has 1 aliphatic heterocycles. The SMILES string of the molecule is COc1ccc(OC)c([C@@H]2CC(=O)C3=C(C2)NC(=O)C[C@@H]3c2ccccc2Cl)c1. The minimum absolute atomic E-state index is 0.0334. The lowest BCUT2D eigenvalue weighted by molar-refractivity contribution is -0.122. The maximum atomic E-state index is 13.2. The quantitative estimate of drug-likeness (QED) is 0.811. The highest BCUT2D eigenvalue weighted by Gasteiger charge is 2.39. The Hall–Kier alpha value is -2.79. The van der Waals surface area contributed by atoms with Crippen LogP contribution in [0.4, 0.5) is 0 Å². The Morgan fingerprint density at radius 1 is 0.966 bits per heavy atom. The van der Waals surface area contributed by atoms with Gasteiger partial charge in [-0.25, -0.2) is 0 Å². The Balaban J connectivity index is 1.75. The average molecular weight is 412 g/mol. The molecule has 0 aromatic heterocycles. The van der Waals surface area contributed by atoms with Gasteiger partial charge in [-0.3, -0.25) is 9.59 Å². The fourth-order valence-corrected chi connectivity index (χ4v) is 4.63. The number of hydrogen-bond acceptors (Lipinski definition) is 4. The summed E-state index contributed by atoms with van der Waals surface area (Å²) < 4.78 is 10.9. The number of amides is 1. The molecule has 5 nitrogen and oxygen atoms in total. The molecule has 2 aliphatic rings. The lowest BCUT2D eigenvalue weighted by Gasteiger charge is -2.35. The van der Waals surface area contributed by atoms with E-state index >= 15 is 0 Å². The second kappa shape index (κ2) is 7.91. The van der Waals surface area contributed by atoms with Crippen molar-refractivity contribution in [1.82, 2.24) is 5.32 Å². The zero-order valence-corrected chi connectivity index (χ0v) is 17.1. The number of hydrogen-bond donors (Lipinski definition) is 1. The minimum atomic E-state index is -0.312. The van der Waals surface area contributed by atoms with Gasteiger partial charge in [0.05, 0.1) is 14.2 Å². The number of ketones is 1. The zero-order chi connectivity index (χ0) is 20.5. The first-order valence-electron chi connectivity index (χ1n) is 9.54. The summed E-state index contributed by atoms with van der Waals surface area (Å²) in [5.74, 6) is 0.933. The highest BCUT2D eigenvalue weighted by Crippen LogP contribution is 2.45. The number of halogens is 1. The van der Waals surface area contributed by atoms with Gasteiger partial charge in [0.1, 0.15) is 11.5 Å². The van der Waals surface area contributed by atoms with Crippen LogP contribution in [0.2, 0.25) is 5.02 Å². The molecule has 4 rings (SSSR count). The van der Waals surface area contributed by atoms with Gasteiger partial charge in [-0.05, 0) is 36.2 Å². The van der Waals surface area contributed by atoms with Crippen molar-refractivity contribution in [2.24, 2.45) is 0 Å². The molecule has 0 bridgehead atoms. The van der Waals surface area contributed by atoms with E-state index in [-0.39, 0.29) is 29.9 Å². The summed E-state index contributed by atoms with van der Waals surface area (Å²) in [6, 6.07) is 13.0. The highest BCUT2D eigenvalue weighted by atomic mass is 35.5. The molecule has 1 N–H and O–H groups in total. The molecule has 1 amide bonds. The van der Waals surface area contributed by atoms with Crippen molar-refractivity contribution in [1.29, 1.82) is 0 Å². The standard InChI is InChI=1S/C23H22ClNO4/c1-28-14-7-8-21(29-2)16(11-14)13-9-19-23(20(26)10-13)17(12-22(27)25-19)15-5-3-4-6-18(15)24/h3-8,11,13,17H,9-10,12H2,1-2H3,(H,25,27)/t13-,17+/m0/s1. The second-order valence-corrected chi connectivity index (χ2v) is 7.76. The van der Waals surface area contributed by atoms with Crippen LogP contribution >= 0.6 is 11.6 Å². The fourth-order valence-electron chi connectivity index (χ4n) is 4.36. The highest BCUT2D eigenvalue weighted by molar-refractivity contribution is 6.31. The Bertz CT molecular complexity index is 1010. The molecule has 1 heterocycles. The van der Waals surface area contributed by atoms with Crippen LogP contribution in [0, 0.1) is 0 Å². The smallest absolute Gasteiger partial charge is 0.225 e. The molecule has 150 valence electrons. The Morgan fingerprint density at radius 3 is 2.48 bits per heavy atom. The van der Waals surface area contributed by atoms with E-state index in [0.29, 0.717) is 40.6 Å². The van der Waals surface area contributed by atoms with Gasteiger partial charge in [0.25, 0.3) is 0 Å². The van der Waals surface area contributed by atoms with Crippen molar-refractivity contribution < 1.29 is 19.1 Å². The summed E-state index contributed by atoms with van der Waals surface area (Å²) >= 11 is 6.39. The molecule has 29 heavy (non-hydrogen) atoms. The Kier molecular flexibility index (Phi) is 5.33. The molecule has 6 heteroatoms. The van der Waals surface area contributed by atoms with E-state index < -0.39 is 0 Å². The van der Waals surface area contributed by atoms with E-state index in [1.807, 2.05) is 36.4 Å². The van der Waals surface area contributed by atoms with Gasteiger partial charge in [0.15, 0.2) is 5.78 Å². The predicted octanol–water partition coefficient (Wildman–Crippen LogP) is 4.36. The monoisotopic (exact) mass is 411 g/mol. The van der Waals surface area contributed by atoms with Crippen molar-refractivity contribution in [3.8, 4) is 11.5 Å². The molecule has 1 aliphatic carbocycles. The van der Waals surface area contributed by atoms with Gasteiger partial charge in [0, 0.05) is 46.5 Å². The van der Waals surface area contributed by atoms with Crippen molar-refractivity contribution >= 4 is 23.3 Å². The van der Waals surface area contributed by atoms with E-state index in [2.05, 4.69) is 5.32 Å². The van der Waals surface area contributed by atoms with E-state index in [9.17, 15) is 9.59 Å². The number of methoxy groups -OCH3 is 2. The first-order chi connectivity index (χ1) is 14.0. The van der Waals surface area contributed by atoms with Crippen LogP contribution in [0.1, 0.15) is 42.2 Å². The average Bonchev–Trinajstić information content (AvgIpc) is 2.72. The van der Waals surface area contributed by atoms with Crippen molar-refractivity contribution in [3.05, 3.63) is 69.9 Å². The topological polar surface area (TPSA) is 64.6 Å². The van der Waals surface area contributed by atoms with Gasteiger partial charge >= 0.3 is 0 Å². The van der Waals surface area contributed by atoms with Crippen LogP contribution in [-0.2, 0) is 9.59 Å². The molecule has 2 atom stereocenters. The second-order valence-electron chi connectivity index (χ2n) is 7.35. The number of allylic oxidation sites excluding steroid dienone is 2. The molecule has 0 radical (unpaired) electrons. The van der Waals surface area contributed by atoms with Gasteiger partial charge in [0.2, 0.25) is 5.91 Å². The first kappa shape index (κ1) is 19.5. The lowest BCUT2D eigenvalue weighted by Crippen LogP contribution is -2.38. The summed E-state index contributed by atoms with van der Waals surface area (Å²) in [7, 11) is 3.21. The molecule has 0 fully saturated rings. The molecular formula is C23H22ClNO4. The number of Topliss-reactive ketones (excluding diaryl/α,β-unsaturated/α-hetero) is 1. The van der Waals surface area contributed by atoms with Crippen LogP contribution in [0.5, 0.6) is 11.5 Å². The van der Waals surface area contributed by atoms with Crippen LogP contribution < -0.4 is 14.8 Å². The Labute approximate surface area is 174 Å². The van der Waals surface area contributed by atoms with Crippen molar-refractivity contribution in [2.45, 2.75) is 31.1 Å². The van der Waals surface area contributed by atoms with E-state index in [0.717, 1.165) is 11.1 Å². The van der Waals surface area contributed by atoms with Crippen LogP contribution in [0.25, 0.3) is 0 Å². The molecule has 2 aromatic rings. The van der Waals surface area contributed by atoms with Crippen LogP contribution in [-0.4, -0.2) is 25.9 Å². The summed E-state index contributed by atoms with van der Waals surface area (Å²) in [4.78, 5) is 25.7. The molecule has 0 spiro atoms. The van der Waals surface area contributed by atoms with Gasteiger partial charge < -0.3 is 14.8 Å². The van der Waals surface area contributed by atoms with E-state index in [1.54, 1.807) is 20.3 Å². The third-order valence-corrected chi connectivity index (χ3v) is 6.04. The third-order valence-electron chi connectivity index (χ3n) is 5.69. The molecule has 2 aromatic carbocycles. The fraction of sp³-hybridized carbons (Fsp3) is 0.304. The first-order valence-corrected chi connectivity index (χ1v) is 9.92. The minimum Gasteiger partial charge on any atom is -0.497 e. The molecular weight excluding hydrogens is 390 g/mol. The number of nitrogens with one attached hydrogen (secondary N) is 1. The normalized spacial score (nSPS) is 21.5. The Morgan fingerprint density at radius 2 is 1.76 bits per heavy atom. The number of carbonyl (C=O) groups is 2. The van der Waals surface area contributed by atoms with Crippen molar-refractivity contribution in [2.75, 3.05) is 14.2 Å². The maximum Gasteiger partial charge on any atom is 0.225 e. The molecule has 0 saturated carbocycles. The number of rotatable bonds is 4. The maximum absolute atomic E-state index is 13.2. The molecule has 0 saturated heterocycles. The van der Waals surface area contributed by atoms with Gasteiger partial charge in [-0.2, -0.15) is 0 Å². The summed E-state index contributed by atoms with van der Waals surface area (Å²) in [5, 5.41) is 3.51. The summed E-state index contributed by atoms with van der Waals surface area (Å²) in [6.45, 7) is 0. The largest absolute Gasteiger partial charge is 0.497 e. The summed E-state index contributed by atoms with van der Waals surface area (Å²) in [6.07, 6.45) is 1.12. The van der Waals surface area contributed by atoms with Crippen LogP contribution in [0.3, 0.4) is 0 Å². The molecule has 0 unspecified atom stereocenters. The van der Waals surface area contributed by atoms with E-state index in [4.69, 9.17) is 21.1 Å². The van der Waals surface area contributed by atoms with Crippen molar-refractivity contribution in [3.63, 3.8) is 0 Å². The third kappa shape index (κ3) is 3.62. The lowest BCUT2D eigenvalue weighted by atomic mass is 9.73. The van der Waals surface area contributed by atoms with Gasteiger partial charge in [-0.1, -0.05) is 29.8 Å². The number of benzene rings is 2. The predicted molar refractivity (Wildman–Crippen MR) is 111 cm³/mol. The number of ether oxygens (including phenoxy) is 2. The number of carbonyl (C=O) groups excluding carboxylic acids is 2. The van der Waals surface area contributed by atoms with Gasteiger partial charge in [-0.15, -0.1) is 0 Å².